The molecule has 0 bridgehead atoms. The van der Waals surface area contributed by atoms with Gasteiger partial charge in [0.05, 0.1) is 10.2 Å². The summed E-state index contributed by atoms with van der Waals surface area (Å²) >= 11 is 1.75. The fraction of sp³-hybridized carbons (Fsp3) is 0.423. The van der Waals surface area contributed by atoms with Crippen LogP contribution < -0.4 is 10.2 Å². The van der Waals surface area contributed by atoms with Crippen molar-refractivity contribution in [1.29, 1.82) is 0 Å². The number of anilines is 1. The number of rotatable bonds is 9. The Morgan fingerprint density at radius 1 is 1.00 bits per heavy atom. The topological polar surface area (TPSA) is 65.5 Å². The van der Waals surface area contributed by atoms with Crippen LogP contribution in [-0.4, -0.2) is 54.4 Å². The minimum Gasteiger partial charge on any atom is -0.352 e. The molecule has 33 heavy (non-hydrogen) atoms. The number of aryl methyl sites for hydroxylation is 1. The van der Waals surface area contributed by atoms with Crippen LogP contribution in [0.3, 0.4) is 0 Å². The number of carbonyl (C=O) groups excluding carboxylic acids is 2. The zero-order valence-electron chi connectivity index (χ0n) is 19.3. The molecule has 1 N–H and O–H groups in total. The first kappa shape index (κ1) is 23.2. The monoisotopic (exact) mass is 464 g/mol. The molecule has 0 radical (unpaired) electrons. The van der Waals surface area contributed by atoms with Gasteiger partial charge in [0.15, 0.2) is 5.13 Å². The number of nitrogens with zero attached hydrogens (tertiary/aromatic N) is 3. The molecule has 174 valence electrons. The van der Waals surface area contributed by atoms with Crippen LogP contribution >= 0.6 is 11.3 Å². The van der Waals surface area contributed by atoms with E-state index in [1.165, 1.54) is 10.3 Å². The lowest BCUT2D eigenvalue weighted by Gasteiger charge is -2.34. The summed E-state index contributed by atoms with van der Waals surface area (Å²) < 4.78 is 1.24. The van der Waals surface area contributed by atoms with Crippen molar-refractivity contribution in [3.8, 4) is 0 Å². The van der Waals surface area contributed by atoms with E-state index >= 15 is 0 Å². The summed E-state index contributed by atoms with van der Waals surface area (Å²) in [7, 11) is 0. The lowest BCUT2D eigenvalue weighted by atomic mass is 10.1. The smallest absolute Gasteiger partial charge is 0.251 e. The van der Waals surface area contributed by atoms with Gasteiger partial charge in [-0.05, 0) is 49.1 Å². The average molecular weight is 465 g/mol. The molecule has 2 aromatic carbocycles. The SMILES string of the molecule is CCc1ccc2nc(N3CCN(C(=O)CCCCCNC(=O)c4ccccc4)CC3)sc2c1. The number of fused-ring (bicyclic) bond motifs is 1. The number of amides is 2. The van der Waals surface area contributed by atoms with Crippen LogP contribution in [-0.2, 0) is 11.2 Å². The molecule has 1 saturated heterocycles. The zero-order valence-corrected chi connectivity index (χ0v) is 20.1. The minimum atomic E-state index is -0.0384. The van der Waals surface area contributed by atoms with Crippen molar-refractivity contribution in [3.63, 3.8) is 0 Å². The first-order valence-corrected chi connectivity index (χ1v) is 12.7. The maximum Gasteiger partial charge on any atom is 0.251 e. The van der Waals surface area contributed by atoms with Gasteiger partial charge < -0.3 is 15.1 Å². The van der Waals surface area contributed by atoms with Crippen molar-refractivity contribution in [1.82, 2.24) is 15.2 Å². The summed E-state index contributed by atoms with van der Waals surface area (Å²) in [4.78, 5) is 33.7. The Morgan fingerprint density at radius 2 is 1.79 bits per heavy atom. The molecule has 0 aliphatic carbocycles. The molecule has 7 heteroatoms. The predicted octanol–water partition coefficient (Wildman–Crippen LogP) is 4.50. The van der Waals surface area contributed by atoms with Crippen LogP contribution in [0.1, 0.15) is 48.5 Å². The van der Waals surface area contributed by atoms with E-state index in [1.807, 2.05) is 35.2 Å². The molecule has 1 aliphatic rings. The first-order valence-electron chi connectivity index (χ1n) is 11.9. The number of aromatic nitrogens is 1. The largest absolute Gasteiger partial charge is 0.352 e. The molecule has 0 spiro atoms. The van der Waals surface area contributed by atoms with E-state index in [-0.39, 0.29) is 11.8 Å². The molecule has 0 atom stereocenters. The van der Waals surface area contributed by atoms with Gasteiger partial charge in [0.1, 0.15) is 0 Å². The summed E-state index contributed by atoms with van der Waals surface area (Å²) in [6.07, 6.45) is 4.29. The average Bonchev–Trinajstić information content (AvgIpc) is 3.30. The molecule has 1 fully saturated rings. The van der Waals surface area contributed by atoms with E-state index in [1.54, 1.807) is 11.3 Å². The molecule has 2 amide bonds. The fourth-order valence-electron chi connectivity index (χ4n) is 4.09. The Hall–Kier alpha value is -2.93. The number of hydrogen-bond donors (Lipinski definition) is 1. The van der Waals surface area contributed by atoms with Gasteiger partial charge >= 0.3 is 0 Å². The van der Waals surface area contributed by atoms with E-state index < -0.39 is 0 Å². The molecule has 6 nitrogen and oxygen atoms in total. The second kappa shape index (κ2) is 11.3. The summed E-state index contributed by atoms with van der Waals surface area (Å²) in [5.41, 5.74) is 3.08. The number of benzene rings is 2. The quantitative estimate of drug-likeness (QED) is 0.474. The third-order valence-corrected chi connectivity index (χ3v) is 7.22. The number of carbonyl (C=O) groups is 2. The van der Waals surface area contributed by atoms with Crippen molar-refractivity contribution in [2.24, 2.45) is 0 Å². The second-order valence-electron chi connectivity index (χ2n) is 8.45. The lowest BCUT2D eigenvalue weighted by molar-refractivity contribution is -0.131. The number of unbranched alkanes of at least 4 members (excludes halogenated alkanes) is 2. The Balaban J connectivity index is 1.14. The highest BCUT2D eigenvalue weighted by Gasteiger charge is 2.22. The van der Waals surface area contributed by atoms with Gasteiger partial charge in [0.2, 0.25) is 5.91 Å². The molecule has 2 heterocycles. The number of nitrogens with one attached hydrogen (secondary N) is 1. The summed E-state index contributed by atoms with van der Waals surface area (Å²) in [6.45, 7) is 5.98. The third kappa shape index (κ3) is 6.11. The van der Waals surface area contributed by atoms with Crippen LogP contribution in [0, 0.1) is 0 Å². The number of piperazine rings is 1. The molecular formula is C26H32N4O2S. The highest BCUT2D eigenvalue weighted by Crippen LogP contribution is 2.30. The van der Waals surface area contributed by atoms with Gasteiger partial charge in [0, 0.05) is 44.7 Å². The highest BCUT2D eigenvalue weighted by molar-refractivity contribution is 7.22. The van der Waals surface area contributed by atoms with Crippen molar-refractivity contribution in [2.75, 3.05) is 37.6 Å². The molecule has 4 rings (SSSR count). The van der Waals surface area contributed by atoms with E-state index in [0.717, 1.165) is 62.5 Å². The van der Waals surface area contributed by atoms with Crippen LogP contribution in [0.15, 0.2) is 48.5 Å². The third-order valence-electron chi connectivity index (χ3n) is 6.14. The molecule has 0 saturated carbocycles. The fourth-order valence-corrected chi connectivity index (χ4v) is 5.17. The lowest BCUT2D eigenvalue weighted by Crippen LogP contribution is -2.48. The van der Waals surface area contributed by atoms with Crippen molar-refractivity contribution >= 4 is 38.5 Å². The van der Waals surface area contributed by atoms with Crippen molar-refractivity contribution < 1.29 is 9.59 Å². The Morgan fingerprint density at radius 3 is 2.55 bits per heavy atom. The van der Waals surface area contributed by atoms with E-state index in [0.29, 0.717) is 18.5 Å². The van der Waals surface area contributed by atoms with Gasteiger partial charge in [-0.1, -0.05) is 48.9 Å². The van der Waals surface area contributed by atoms with Gasteiger partial charge in [-0.25, -0.2) is 4.98 Å². The first-order chi connectivity index (χ1) is 16.1. The Bertz CT molecular complexity index is 1070. The van der Waals surface area contributed by atoms with Crippen LogP contribution in [0.4, 0.5) is 5.13 Å². The maximum atomic E-state index is 12.6. The summed E-state index contributed by atoms with van der Waals surface area (Å²) in [5.74, 6) is 0.198. The van der Waals surface area contributed by atoms with E-state index in [4.69, 9.17) is 4.98 Å². The molecule has 1 aliphatic heterocycles. The Kier molecular flexibility index (Phi) is 7.94. The summed E-state index contributed by atoms with van der Waals surface area (Å²) in [6, 6.07) is 15.8. The zero-order chi connectivity index (χ0) is 23.0. The molecule has 0 unspecified atom stereocenters. The Labute approximate surface area is 199 Å². The van der Waals surface area contributed by atoms with Gasteiger partial charge in [-0.15, -0.1) is 0 Å². The highest BCUT2D eigenvalue weighted by atomic mass is 32.1. The van der Waals surface area contributed by atoms with Crippen molar-refractivity contribution in [2.45, 2.75) is 39.0 Å². The normalized spacial score (nSPS) is 14.0. The van der Waals surface area contributed by atoms with Crippen LogP contribution in [0.2, 0.25) is 0 Å². The van der Waals surface area contributed by atoms with Crippen LogP contribution in [0.5, 0.6) is 0 Å². The molecule has 3 aromatic rings. The second-order valence-corrected chi connectivity index (χ2v) is 9.46. The minimum absolute atomic E-state index is 0.0384. The maximum absolute atomic E-state index is 12.6. The number of thiazole rings is 1. The van der Waals surface area contributed by atoms with E-state index in [9.17, 15) is 9.59 Å². The molecule has 1 aromatic heterocycles. The number of hydrogen-bond acceptors (Lipinski definition) is 5. The predicted molar refractivity (Wildman–Crippen MR) is 135 cm³/mol. The van der Waals surface area contributed by atoms with Gasteiger partial charge in [-0.2, -0.15) is 0 Å². The summed E-state index contributed by atoms with van der Waals surface area (Å²) in [5, 5.41) is 4.00. The van der Waals surface area contributed by atoms with Crippen molar-refractivity contribution in [3.05, 3.63) is 59.7 Å². The molecular weight excluding hydrogens is 432 g/mol. The standard InChI is InChI=1S/C26H32N4O2S/c1-2-20-12-13-22-23(19-20)33-26(28-22)30-17-15-29(16-18-30)24(31)11-7-4-8-14-27-25(32)21-9-5-3-6-10-21/h3,5-6,9-10,12-13,19H,2,4,7-8,11,14-18H2,1H3,(H,27,32). The van der Waals surface area contributed by atoms with Gasteiger partial charge in [-0.3, -0.25) is 9.59 Å². The van der Waals surface area contributed by atoms with Gasteiger partial charge in [0.25, 0.3) is 5.91 Å². The van der Waals surface area contributed by atoms with E-state index in [2.05, 4.69) is 35.3 Å². The van der Waals surface area contributed by atoms with Crippen LogP contribution in [0.25, 0.3) is 10.2 Å².